The first kappa shape index (κ1) is 46.4. The van der Waals surface area contributed by atoms with Crippen molar-refractivity contribution < 1.29 is 92.4 Å². The van der Waals surface area contributed by atoms with Crippen molar-refractivity contribution >= 4 is 38.8 Å². The van der Waals surface area contributed by atoms with Crippen LogP contribution in [0.4, 0.5) is 87.8 Å². The van der Waals surface area contributed by atoms with E-state index in [2.05, 4.69) is 24.3 Å². The third kappa shape index (κ3) is 7.00. The minimum atomic E-state index is -7.22. The van der Waals surface area contributed by atoms with Gasteiger partial charge in [-0.3, -0.25) is 0 Å². The Morgan fingerprint density at radius 2 is 0.641 bits per heavy atom. The highest BCUT2D eigenvalue weighted by Gasteiger charge is 2.52. The van der Waals surface area contributed by atoms with Crippen LogP contribution >= 0.6 is 0 Å². The zero-order valence-corrected chi connectivity index (χ0v) is 30.6. The lowest BCUT2D eigenvalue weighted by Crippen LogP contribution is -2.81. The van der Waals surface area contributed by atoms with Crippen LogP contribution in [0.3, 0.4) is 0 Å². The summed E-state index contributed by atoms with van der Waals surface area (Å²) in [6, 6.07) is 22.5. The molecule has 0 aliphatic rings. The second-order valence-corrected chi connectivity index (χ2v) is 13.3. The van der Waals surface area contributed by atoms with Gasteiger partial charge in [-0.1, -0.05) is 48.5 Å². The number of pyridine rings is 1. The van der Waals surface area contributed by atoms with Crippen molar-refractivity contribution in [3.8, 4) is 6.07 Å². The molecular formula is C41H13BF20N2. The number of nitrogens with zero attached hydrogens (tertiary/aromatic N) is 2. The van der Waals surface area contributed by atoms with Crippen molar-refractivity contribution in [2.24, 2.45) is 0 Å². The first-order valence-corrected chi connectivity index (χ1v) is 17.2. The molecule has 23 heteroatoms. The molecule has 0 saturated heterocycles. The third-order valence-corrected chi connectivity index (χ3v) is 9.95. The van der Waals surface area contributed by atoms with Gasteiger partial charge in [-0.05, 0) is 11.5 Å². The molecule has 0 aliphatic carbocycles. The molecule has 64 heavy (non-hydrogen) atoms. The van der Waals surface area contributed by atoms with Crippen molar-refractivity contribution in [2.75, 3.05) is 0 Å². The van der Waals surface area contributed by atoms with Gasteiger partial charge in [0.1, 0.15) is 52.7 Å². The van der Waals surface area contributed by atoms with Crippen molar-refractivity contribution in [2.45, 2.75) is 6.54 Å². The number of fused-ring (bicyclic) bond motifs is 1. The summed E-state index contributed by atoms with van der Waals surface area (Å²) in [5.74, 6) is -71.4. The number of halogens is 20. The summed E-state index contributed by atoms with van der Waals surface area (Å²) in [6.45, 7) is 0.717. The Morgan fingerprint density at radius 3 is 0.953 bits per heavy atom. The zero-order chi connectivity index (χ0) is 47.4. The average molecular weight is 924 g/mol. The first-order valence-electron chi connectivity index (χ1n) is 17.2. The fourth-order valence-electron chi connectivity index (χ4n) is 7.17. The molecule has 6 aromatic carbocycles. The summed E-state index contributed by atoms with van der Waals surface area (Å²) in [5, 5.41) is 11.5. The molecule has 0 spiro atoms. The van der Waals surface area contributed by atoms with E-state index in [-0.39, 0.29) is 0 Å². The Kier molecular flexibility index (Phi) is 12.5. The van der Waals surface area contributed by atoms with Gasteiger partial charge in [0.2, 0.25) is 0 Å². The Balaban J connectivity index is 0.000000295. The molecule has 0 amide bonds. The molecule has 1 aromatic heterocycles. The van der Waals surface area contributed by atoms with Crippen LogP contribution in [-0.4, -0.2) is 6.15 Å². The number of hydrogen-bond acceptors (Lipinski definition) is 1. The monoisotopic (exact) mass is 924 g/mol. The highest BCUT2D eigenvalue weighted by molar-refractivity contribution is 7.20. The highest BCUT2D eigenvalue weighted by atomic mass is 19.2. The van der Waals surface area contributed by atoms with E-state index in [0.717, 1.165) is 10.8 Å². The van der Waals surface area contributed by atoms with E-state index in [1.54, 1.807) is 0 Å². The van der Waals surface area contributed by atoms with Crippen LogP contribution < -0.4 is 26.4 Å². The van der Waals surface area contributed by atoms with Gasteiger partial charge in [0, 0.05) is 11.6 Å². The first-order chi connectivity index (χ1) is 30.1. The van der Waals surface area contributed by atoms with Gasteiger partial charge in [0.15, 0.2) is 88.6 Å². The van der Waals surface area contributed by atoms with E-state index in [1.165, 1.54) is 5.56 Å². The molecule has 7 aromatic rings. The largest absolute Gasteiger partial charge is 0.291 e. The highest BCUT2D eigenvalue weighted by Crippen LogP contribution is 2.31. The Bertz CT molecular complexity index is 2720. The van der Waals surface area contributed by atoms with E-state index in [1.807, 2.05) is 53.2 Å². The van der Waals surface area contributed by atoms with Gasteiger partial charge in [-0.2, -0.15) is 9.83 Å². The van der Waals surface area contributed by atoms with Crippen molar-refractivity contribution in [1.82, 2.24) is 0 Å². The minimum absolute atomic E-state index is 0.710. The Morgan fingerprint density at radius 1 is 0.359 bits per heavy atom. The molecule has 0 N–H and O–H groups in total. The van der Waals surface area contributed by atoms with Gasteiger partial charge in [0.25, 0.3) is 5.69 Å². The third-order valence-electron chi connectivity index (χ3n) is 9.95. The topological polar surface area (TPSA) is 27.7 Å². The van der Waals surface area contributed by atoms with Crippen molar-refractivity contribution in [3.05, 3.63) is 194 Å². The SMILES string of the molecule is Fc1c(F)c(F)c([B-](c2c(F)c(F)c(F)c(F)c2F)(c2c(F)c(F)c(F)c(F)c2F)c2c(F)c(F)c(F)c(F)c2F)c(F)c1F.N#Cc1c2ccccc2cc[n+]1Cc1ccccc1. The molecule has 0 saturated carbocycles. The van der Waals surface area contributed by atoms with Crippen LogP contribution in [0, 0.1) is 128 Å². The van der Waals surface area contributed by atoms with Crippen LogP contribution in [0.25, 0.3) is 10.8 Å². The van der Waals surface area contributed by atoms with Crippen LogP contribution in [0.5, 0.6) is 0 Å². The lowest BCUT2D eigenvalue weighted by Gasteiger charge is -2.44. The number of rotatable bonds is 6. The molecular weight excluding hydrogens is 911 g/mol. The molecule has 0 fully saturated rings. The maximum absolute atomic E-state index is 15.4. The molecule has 0 unspecified atom stereocenters. The van der Waals surface area contributed by atoms with Gasteiger partial charge in [0.05, 0.1) is 5.39 Å². The summed E-state index contributed by atoms with van der Waals surface area (Å²) in [4.78, 5) is 0. The quantitative estimate of drug-likeness (QED) is 0.0539. The lowest BCUT2D eigenvalue weighted by atomic mass is 9.12. The predicted octanol–water partition coefficient (Wildman–Crippen LogP) is 8.89. The van der Waals surface area contributed by atoms with Crippen LogP contribution in [-0.2, 0) is 6.54 Å². The minimum Gasteiger partial charge on any atom is -0.207 e. The number of benzene rings is 6. The molecule has 0 bridgehead atoms. The summed E-state index contributed by atoms with van der Waals surface area (Å²) >= 11 is 0. The van der Waals surface area contributed by atoms with E-state index in [9.17, 15) is 57.9 Å². The molecule has 2 nitrogen and oxygen atoms in total. The molecule has 330 valence electrons. The summed E-state index contributed by atoms with van der Waals surface area (Å²) in [6.07, 6.45) is -5.24. The fraction of sp³-hybridized carbons (Fsp3) is 0.0244. The Labute approximate surface area is 343 Å². The molecule has 0 aliphatic heterocycles. The molecule has 0 atom stereocenters. The normalized spacial score (nSPS) is 11.5. The maximum Gasteiger partial charge on any atom is 0.291 e. The van der Waals surface area contributed by atoms with Crippen LogP contribution in [0.2, 0.25) is 0 Å². The van der Waals surface area contributed by atoms with E-state index >= 15 is 35.1 Å². The number of aromatic nitrogens is 1. The van der Waals surface area contributed by atoms with E-state index < -0.39 is 144 Å². The van der Waals surface area contributed by atoms with Crippen LogP contribution in [0.1, 0.15) is 11.3 Å². The van der Waals surface area contributed by atoms with Crippen molar-refractivity contribution in [1.29, 1.82) is 5.26 Å². The molecule has 0 radical (unpaired) electrons. The maximum atomic E-state index is 15.4. The number of nitriles is 1. The molecule has 7 rings (SSSR count). The molecule has 1 heterocycles. The summed E-state index contributed by atoms with van der Waals surface area (Å²) < 4.78 is 296. The van der Waals surface area contributed by atoms with Gasteiger partial charge in [-0.25, -0.2) is 87.8 Å². The van der Waals surface area contributed by atoms with Gasteiger partial charge >= 0.3 is 0 Å². The van der Waals surface area contributed by atoms with E-state index in [0.29, 0.717) is 12.2 Å². The standard InChI is InChI=1S/C24BF20.C17H13N2/c26-5-1(6(27)14(35)21(42)13(5)34)25(2-7(28)15(36)22(43)16(37)8(2)29,3-9(30)17(38)23(44)18(39)10(3)31)4-11(32)19(40)24(45)20(41)12(4)33;18-12-17-16-9-5-4-8-15(16)10-11-19(17)13-14-6-2-1-3-7-14/h;1-11H,13H2/q-1;+1. The summed E-state index contributed by atoms with van der Waals surface area (Å²) in [7, 11) is 0. The second-order valence-electron chi connectivity index (χ2n) is 13.3. The summed E-state index contributed by atoms with van der Waals surface area (Å²) in [5.41, 5.74) is -12.4. The smallest absolute Gasteiger partial charge is 0.207 e. The Hall–Kier alpha value is -7.12. The van der Waals surface area contributed by atoms with Crippen molar-refractivity contribution in [3.63, 3.8) is 0 Å². The van der Waals surface area contributed by atoms with Gasteiger partial charge < -0.3 is 0 Å². The number of hydrogen-bond donors (Lipinski definition) is 0. The zero-order valence-electron chi connectivity index (χ0n) is 30.6. The lowest BCUT2D eigenvalue weighted by molar-refractivity contribution is -0.689. The van der Waals surface area contributed by atoms with Gasteiger partial charge in [-0.15, -0.1) is 21.9 Å². The fourth-order valence-corrected chi connectivity index (χ4v) is 7.17. The second kappa shape index (κ2) is 17.2. The average Bonchev–Trinajstić information content (AvgIpc) is 3.29. The van der Waals surface area contributed by atoms with E-state index in [4.69, 9.17) is 0 Å². The predicted molar refractivity (Wildman–Crippen MR) is 184 cm³/mol. The van der Waals surface area contributed by atoms with Crippen LogP contribution in [0.15, 0.2) is 66.9 Å².